The van der Waals surface area contributed by atoms with Crippen molar-refractivity contribution in [2.75, 3.05) is 12.0 Å². The number of hydrogen-bond acceptors (Lipinski definition) is 3. The number of nitrogens with zero attached hydrogens (tertiary/aromatic N) is 2. The lowest BCUT2D eigenvalue weighted by Crippen LogP contribution is -2.27. The quantitative estimate of drug-likeness (QED) is 0.786. The largest absolute Gasteiger partial charge is 0.484 e. The maximum Gasteiger partial charge on any atom is 0.276 e. The lowest BCUT2D eigenvalue weighted by Gasteiger charge is -2.10. The molecule has 0 atom stereocenters. The van der Waals surface area contributed by atoms with Crippen molar-refractivity contribution in [3.05, 3.63) is 60.4 Å². The van der Waals surface area contributed by atoms with Crippen molar-refractivity contribution in [3.8, 4) is 5.75 Å². The van der Waals surface area contributed by atoms with E-state index in [1.165, 1.54) is 5.56 Å². The number of benzene rings is 2. The molecule has 0 spiro atoms. The minimum atomic E-state index is -0.235. The van der Waals surface area contributed by atoms with E-state index in [1.54, 1.807) is 11.0 Å². The van der Waals surface area contributed by atoms with Crippen LogP contribution in [0.25, 0.3) is 11.0 Å². The molecule has 0 radical (unpaired) electrons. The number of para-hydroxylation sites is 2. The average Bonchev–Trinajstić information content (AvgIpc) is 2.96. The molecule has 0 bridgehead atoms. The van der Waals surface area contributed by atoms with Gasteiger partial charge in [0, 0.05) is 0 Å². The molecule has 1 N–H and O–H groups in total. The molecule has 0 fully saturated rings. The summed E-state index contributed by atoms with van der Waals surface area (Å²) in [5.74, 6) is 0.919. The number of carbonyl (C=O) groups excluding carboxylic acids is 1. The van der Waals surface area contributed by atoms with E-state index in [4.69, 9.17) is 4.74 Å². The Morgan fingerprint density at radius 2 is 1.91 bits per heavy atom. The van der Waals surface area contributed by atoms with E-state index >= 15 is 0 Å². The van der Waals surface area contributed by atoms with Crippen LogP contribution in [-0.4, -0.2) is 22.2 Å². The second kappa shape index (κ2) is 6.52. The van der Waals surface area contributed by atoms with Crippen molar-refractivity contribution in [3.63, 3.8) is 0 Å². The maximum absolute atomic E-state index is 12.0. The number of aromatic nitrogens is 2. The highest BCUT2D eigenvalue weighted by Crippen LogP contribution is 2.18. The zero-order valence-corrected chi connectivity index (χ0v) is 13.2. The molecule has 0 saturated heterocycles. The average molecular weight is 309 g/mol. The Hall–Kier alpha value is -2.82. The normalized spacial score (nSPS) is 10.9. The fraction of sp³-hybridized carbons (Fsp3) is 0.222. The minimum absolute atomic E-state index is 0.0481. The van der Waals surface area contributed by atoms with E-state index < -0.39 is 0 Å². The van der Waals surface area contributed by atoms with E-state index in [0.29, 0.717) is 11.7 Å². The van der Waals surface area contributed by atoms with Crippen molar-refractivity contribution >= 4 is 16.9 Å². The number of amides is 1. The molecule has 2 aromatic carbocycles. The van der Waals surface area contributed by atoms with Gasteiger partial charge in [-0.1, -0.05) is 38.1 Å². The Balaban J connectivity index is 1.59. The molecule has 23 heavy (non-hydrogen) atoms. The molecule has 5 nitrogen and oxygen atoms in total. The Kier molecular flexibility index (Phi) is 4.28. The molecule has 5 heteroatoms. The number of rotatable bonds is 5. The van der Waals surface area contributed by atoms with Crippen LogP contribution in [-0.2, 0) is 4.79 Å². The lowest BCUT2D eigenvalue weighted by molar-refractivity contribution is -0.119. The first-order chi connectivity index (χ1) is 11.1. The summed E-state index contributed by atoms with van der Waals surface area (Å²) in [5, 5.41) is 0. The number of imidazole rings is 1. The molecule has 0 aliphatic rings. The Bertz CT molecular complexity index is 807. The van der Waals surface area contributed by atoms with Crippen LogP contribution in [0.4, 0.5) is 0 Å². The Labute approximate surface area is 134 Å². The third-order valence-electron chi connectivity index (χ3n) is 3.62. The van der Waals surface area contributed by atoms with Crippen molar-refractivity contribution in [1.82, 2.24) is 9.66 Å². The summed E-state index contributed by atoms with van der Waals surface area (Å²) in [6.07, 6.45) is 1.58. The van der Waals surface area contributed by atoms with E-state index in [-0.39, 0.29) is 12.5 Å². The number of ether oxygens (including phenoxy) is 1. The van der Waals surface area contributed by atoms with Crippen LogP contribution in [0.15, 0.2) is 54.9 Å². The van der Waals surface area contributed by atoms with Gasteiger partial charge in [-0.25, -0.2) is 9.66 Å². The Morgan fingerprint density at radius 3 is 2.65 bits per heavy atom. The third-order valence-corrected chi connectivity index (χ3v) is 3.62. The van der Waals surface area contributed by atoms with Crippen LogP contribution in [0.1, 0.15) is 25.3 Å². The summed E-state index contributed by atoms with van der Waals surface area (Å²) in [5.41, 5.74) is 5.68. The molecule has 1 amide bonds. The Morgan fingerprint density at radius 1 is 1.17 bits per heavy atom. The second-order valence-corrected chi connectivity index (χ2v) is 5.65. The standard InChI is InChI=1S/C18H19N3O2/c1-13(2)14-7-9-15(10-8-14)23-11-18(22)20-21-12-19-16-5-3-4-6-17(16)21/h3-10,12-13H,11H2,1-2H3,(H,20,22). The molecule has 0 saturated carbocycles. The van der Waals surface area contributed by atoms with E-state index in [9.17, 15) is 4.79 Å². The molecular weight excluding hydrogens is 290 g/mol. The first-order valence-electron chi connectivity index (χ1n) is 7.58. The van der Waals surface area contributed by atoms with Crippen LogP contribution < -0.4 is 10.2 Å². The molecule has 3 rings (SSSR count). The van der Waals surface area contributed by atoms with Crippen molar-refractivity contribution in [1.29, 1.82) is 0 Å². The van der Waals surface area contributed by atoms with Gasteiger partial charge in [-0.15, -0.1) is 0 Å². The molecule has 1 aromatic heterocycles. The summed E-state index contributed by atoms with van der Waals surface area (Å²) >= 11 is 0. The van der Waals surface area contributed by atoms with E-state index in [1.807, 2.05) is 48.5 Å². The van der Waals surface area contributed by atoms with Gasteiger partial charge in [0.1, 0.15) is 12.1 Å². The zero-order valence-electron chi connectivity index (χ0n) is 13.2. The summed E-state index contributed by atoms with van der Waals surface area (Å²) in [4.78, 5) is 16.2. The van der Waals surface area contributed by atoms with Crippen molar-refractivity contribution in [2.24, 2.45) is 0 Å². The maximum atomic E-state index is 12.0. The zero-order chi connectivity index (χ0) is 16.2. The summed E-state index contributed by atoms with van der Waals surface area (Å²) in [6, 6.07) is 15.4. The van der Waals surface area contributed by atoms with Gasteiger partial charge in [0.25, 0.3) is 5.91 Å². The molecule has 118 valence electrons. The first kappa shape index (κ1) is 15.1. The fourth-order valence-electron chi connectivity index (χ4n) is 2.31. The van der Waals surface area contributed by atoms with Gasteiger partial charge >= 0.3 is 0 Å². The molecule has 0 aliphatic heterocycles. The van der Waals surface area contributed by atoms with Gasteiger partial charge < -0.3 is 4.74 Å². The number of hydrogen-bond donors (Lipinski definition) is 1. The number of carbonyl (C=O) groups is 1. The molecule has 0 unspecified atom stereocenters. The summed E-state index contributed by atoms with van der Waals surface area (Å²) < 4.78 is 7.12. The molecular formula is C18H19N3O2. The van der Waals surface area contributed by atoms with Crippen molar-refractivity contribution < 1.29 is 9.53 Å². The van der Waals surface area contributed by atoms with Crippen LogP contribution in [0.3, 0.4) is 0 Å². The first-order valence-corrected chi connectivity index (χ1v) is 7.58. The van der Waals surface area contributed by atoms with Crippen LogP contribution in [0.2, 0.25) is 0 Å². The number of fused-ring (bicyclic) bond motifs is 1. The van der Waals surface area contributed by atoms with E-state index in [0.717, 1.165) is 11.0 Å². The van der Waals surface area contributed by atoms with Crippen molar-refractivity contribution in [2.45, 2.75) is 19.8 Å². The summed E-state index contributed by atoms with van der Waals surface area (Å²) in [7, 11) is 0. The molecule has 1 heterocycles. The lowest BCUT2D eigenvalue weighted by atomic mass is 10.0. The van der Waals surface area contributed by atoms with Gasteiger partial charge in [-0.3, -0.25) is 10.2 Å². The van der Waals surface area contributed by atoms with Gasteiger partial charge in [-0.2, -0.15) is 0 Å². The van der Waals surface area contributed by atoms with Gasteiger partial charge in [0.2, 0.25) is 0 Å². The summed E-state index contributed by atoms with van der Waals surface area (Å²) in [6.45, 7) is 4.23. The third kappa shape index (κ3) is 3.51. The second-order valence-electron chi connectivity index (χ2n) is 5.65. The molecule has 0 aliphatic carbocycles. The highest BCUT2D eigenvalue weighted by Gasteiger charge is 2.07. The predicted octanol–water partition coefficient (Wildman–Crippen LogP) is 3.31. The smallest absolute Gasteiger partial charge is 0.276 e. The van der Waals surface area contributed by atoms with Gasteiger partial charge in [0.15, 0.2) is 6.61 Å². The minimum Gasteiger partial charge on any atom is -0.484 e. The monoisotopic (exact) mass is 309 g/mol. The van der Waals surface area contributed by atoms with Crippen LogP contribution in [0.5, 0.6) is 5.75 Å². The van der Waals surface area contributed by atoms with E-state index in [2.05, 4.69) is 24.3 Å². The SMILES string of the molecule is CC(C)c1ccc(OCC(=O)Nn2cnc3ccccc32)cc1. The molecule has 3 aromatic rings. The highest BCUT2D eigenvalue weighted by molar-refractivity contribution is 5.87. The van der Waals surface area contributed by atoms with Gasteiger partial charge in [-0.05, 0) is 35.7 Å². The predicted molar refractivity (Wildman–Crippen MR) is 90.1 cm³/mol. The highest BCUT2D eigenvalue weighted by atomic mass is 16.5. The topological polar surface area (TPSA) is 56.1 Å². The fourth-order valence-corrected chi connectivity index (χ4v) is 2.31. The van der Waals surface area contributed by atoms with Crippen LogP contribution >= 0.6 is 0 Å². The van der Waals surface area contributed by atoms with Gasteiger partial charge in [0.05, 0.1) is 11.0 Å². The van der Waals surface area contributed by atoms with Crippen LogP contribution in [0, 0.1) is 0 Å². The number of nitrogens with one attached hydrogen (secondary N) is 1.